The third-order valence-corrected chi connectivity index (χ3v) is 9.36. The standard InChI is InChI=1S/C37H42N6O6/c1-40-32-28(34(44)42(3)36(40)46)18-20-30(38-32)24-10-14-26(15-11-24)48-22-8-6-5-7-9-23-49-27-16-12-25(13-17-27)31-21-19-29-33(39-31)41(2)37(47)43(4)35(29)45/h10-17H,5-9,18-23H2,1-4H3. The van der Waals surface area contributed by atoms with Gasteiger partial charge in [-0.2, -0.15) is 0 Å². The monoisotopic (exact) mass is 666 g/mol. The molecule has 2 aromatic heterocycles. The molecule has 6 rings (SSSR count). The van der Waals surface area contributed by atoms with Crippen LogP contribution in [0.25, 0.3) is 0 Å². The van der Waals surface area contributed by atoms with Crippen molar-refractivity contribution in [2.24, 2.45) is 38.2 Å². The van der Waals surface area contributed by atoms with E-state index in [1.807, 2.05) is 48.5 Å². The number of rotatable bonds is 12. The van der Waals surface area contributed by atoms with Crippen LogP contribution in [0.2, 0.25) is 0 Å². The van der Waals surface area contributed by atoms with E-state index in [0.717, 1.165) is 75.3 Å². The molecule has 0 bridgehead atoms. The van der Waals surface area contributed by atoms with Crippen molar-refractivity contribution in [3.05, 3.63) is 112 Å². The molecule has 4 aromatic rings. The smallest absolute Gasteiger partial charge is 0.332 e. The summed E-state index contributed by atoms with van der Waals surface area (Å²) in [5.74, 6) is 2.50. The Hall–Kier alpha value is -5.26. The second-order valence-electron chi connectivity index (χ2n) is 12.6. The maximum absolute atomic E-state index is 12.5. The predicted molar refractivity (Wildman–Crippen MR) is 190 cm³/mol. The molecule has 49 heavy (non-hydrogen) atoms. The second-order valence-corrected chi connectivity index (χ2v) is 12.6. The highest BCUT2D eigenvalue weighted by Gasteiger charge is 2.22. The Kier molecular flexibility index (Phi) is 9.93. The highest BCUT2D eigenvalue weighted by Crippen LogP contribution is 2.26. The Balaban J connectivity index is 0.892. The van der Waals surface area contributed by atoms with Gasteiger partial charge in [-0.25, -0.2) is 19.6 Å². The fraction of sp³-hybridized carbons (Fsp3) is 0.405. The summed E-state index contributed by atoms with van der Waals surface area (Å²) in [4.78, 5) is 59.0. The van der Waals surface area contributed by atoms with E-state index >= 15 is 0 Å². The number of ether oxygens (including phenoxy) is 2. The molecule has 0 fully saturated rings. The first-order valence-electron chi connectivity index (χ1n) is 16.8. The highest BCUT2D eigenvalue weighted by molar-refractivity contribution is 6.03. The first kappa shape index (κ1) is 33.6. The van der Waals surface area contributed by atoms with E-state index < -0.39 is 0 Å². The zero-order valence-electron chi connectivity index (χ0n) is 28.5. The predicted octanol–water partition coefficient (Wildman–Crippen LogP) is 4.02. The number of unbranched alkanes of at least 4 members (excludes halogenated alkanes) is 4. The lowest BCUT2D eigenvalue weighted by molar-refractivity contribution is 0.293. The summed E-state index contributed by atoms with van der Waals surface area (Å²) in [6.07, 6.45) is 7.56. The zero-order valence-corrected chi connectivity index (χ0v) is 28.5. The Morgan fingerprint density at radius 2 is 0.878 bits per heavy atom. The Bertz CT molecular complexity index is 2010. The molecular weight excluding hydrogens is 624 g/mol. The van der Waals surface area contributed by atoms with Gasteiger partial charge in [0.2, 0.25) is 0 Å². The van der Waals surface area contributed by atoms with Crippen molar-refractivity contribution in [2.75, 3.05) is 13.2 Å². The van der Waals surface area contributed by atoms with Crippen molar-refractivity contribution >= 4 is 23.1 Å². The van der Waals surface area contributed by atoms with Gasteiger partial charge in [-0.05, 0) is 98.2 Å². The van der Waals surface area contributed by atoms with Gasteiger partial charge < -0.3 is 9.47 Å². The summed E-state index contributed by atoms with van der Waals surface area (Å²) in [7, 11) is 6.28. The molecule has 0 saturated heterocycles. The highest BCUT2D eigenvalue weighted by atomic mass is 16.5. The van der Waals surface area contributed by atoms with E-state index in [1.54, 1.807) is 14.1 Å². The van der Waals surface area contributed by atoms with Crippen molar-refractivity contribution in [1.29, 1.82) is 0 Å². The molecule has 4 heterocycles. The molecule has 0 saturated carbocycles. The fourth-order valence-corrected chi connectivity index (χ4v) is 6.40. The van der Waals surface area contributed by atoms with Crippen LogP contribution in [-0.4, -0.2) is 42.9 Å². The maximum Gasteiger partial charge on any atom is 0.332 e. The van der Waals surface area contributed by atoms with Gasteiger partial charge in [0.15, 0.2) is 0 Å². The van der Waals surface area contributed by atoms with Crippen molar-refractivity contribution < 1.29 is 9.47 Å². The lowest BCUT2D eigenvalue weighted by Gasteiger charge is -2.18. The summed E-state index contributed by atoms with van der Waals surface area (Å²) in [5, 5.41) is 0. The van der Waals surface area contributed by atoms with Crippen molar-refractivity contribution in [2.45, 2.75) is 57.8 Å². The first-order chi connectivity index (χ1) is 23.6. The normalized spacial score (nSPS) is 13.7. The molecule has 0 radical (unpaired) electrons. The molecule has 12 nitrogen and oxygen atoms in total. The number of fused-ring (bicyclic) bond motifs is 2. The van der Waals surface area contributed by atoms with Crippen LogP contribution in [-0.2, 0) is 41.0 Å². The Morgan fingerprint density at radius 3 is 1.27 bits per heavy atom. The molecule has 0 unspecified atom stereocenters. The number of nitrogens with zero attached hydrogens (tertiary/aromatic N) is 6. The summed E-state index contributed by atoms with van der Waals surface area (Å²) in [5.41, 5.74) is 3.49. The molecular formula is C37H42N6O6. The van der Waals surface area contributed by atoms with Gasteiger partial charge in [0.25, 0.3) is 11.1 Å². The summed E-state index contributed by atoms with van der Waals surface area (Å²) in [6.45, 7) is 1.29. The van der Waals surface area contributed by atoms with E-state index in [4.69, 9.17) is 9.47 Å². The van der Waals surface area contributed by atoms with Crippen molar-refractivity contribution in [3.8, 4) is 11.5 Å². The summed E-state index contributed by atoms with van der Waals surface area (Å²) in [6, 6.07) is 15.7. The van der Waals surface area contributed by atoms with E-state index in [2.05, 4.69) is 9.98 Å². The molecule has 0 spiro atoms. The Labute approximate surface area is 283 Å². The van der Waals surface area contributed by atoms with Gasteiger partial charge in [-0.3, -0.25) is 27.9 Å². The SMILES string of the molecule is Cn1c2c(c(=O)n(C)c1=O)CCC(c1ccc(OCCCCCCCOc3ccc(C4=Nc5c(c(=O)n(C)c(=O)n5C)CC4)cc3)cc1)=N2. The number of aromatic nitrogens is 4. The van der Waals surface area contributed by atoms with Gasteiger partial charge in [0.05, 0.1) is 35.8 Å². The van der Waals surface area contributed by atoms with E-state index in [1.165, 1.54) is 23.2 Å². The third-order valence-electron chi connectivity index (χ3n) is 9.36. The van der Waals surface area contributed by atoms with Crippen molar-refractivity contribution in [3.63, 3.8) is 0 Å². The quantitative estimate of drug-likeness (QED) is 0.210. The topological polar surface area (TPSA) is 131 Å². The van der Waals surface area contributed by atoms with Gasteiger partial charge in [0, 0.05) is 28.2 Å². The van der Waals surface area contributed by atoms with Crippen LogP contribution in [0.4, 0.5) is 11.6 Å². The molecule has 12 heteroatoms. The van der Waals surface area contributed by atoms with Gasteiger partial charge in [-0.15, -0.1) is 0 Å². The number of hydrogen-bond acceptors (Lipinski definition) is 8. The molecule has 0 aliphatic carbocycles. The maximum atomic E-state index is 12.5. The summed E-state index contributed by atoms with van der Waals surface area (Å²) >= 11 is 0. The van der Waals surface area contributed by atoms with Crippen LogP contribution in [0.1, 0.15) is 67.2 Å². The Morgan fingerprint density at radius 1 is 0.510 bits per heavy atom. The minimum Gasteiger partial charge on any atom is -0.494 e. The van der Waals surface area contributed by atoms with Crippen LogP contribution >= 0.6 is 0 Å². The molecule has 2 aromatic carbocycles. The molecule has 0 atom stereocenters. The average molecular weight is 667 g/mol. The van der Waals surface area contributed by atoms with E-state index in [-0.39, 0.29) is 22.5 Å². The largest absolute Gasteiger partial charge is 0.494 e. The fourth-order valence-electron chi connectivity index (χ4n) is 6.40. The molecule has 256 valence electrons. The lowest BCUT2D eigenvalue weighted by Crippen LogP contribution is -2.39. The van der Waals surface area contributed by atoms with E-state index in [0.29, 0.717) is 61.7 Å². The molecule has 0 amide bonds. The first-order valence-corrected chi connectivity index (χ1v) is 16.8. The van der Waals surface area contributed by atoms with Crippen LogP contribution < -0.4 is 32.0 Å². The average Bonchev–Trinajstić information content (AvgIpc) is 3.13. The third kappa shape index (κ3) is 6.99. The number of benzene rings is 2. The van der Waals surface area contributed by atoms with Crippen molar-refractivity contribution in [1.82, 2.24) is 18.3 Å². The van der Waals surface area contributed by atoms with Gasteiger partial charge in [0.1, 0.15) is 23.1 Å². The number of hydrogen-bond donors (Lipinski definition) is 0. The lowest BCUT2D eigenvalue weighted by atomic mass is 9.99. The zero-order chi connectivity index (χ0) is 34.7. The van der Waals surface area contributed by atoms with Gasteiger partial charge >= 0.3 is 11.4 Å². The molecule has 2 aliphatic rings. The van der Waals surface area contributed by atoms with Crippen LogP contribution in [0.3, 0.4) is 0 Å². The van der Waals surface area contributed by atoms with E-state index in [9.17, 15) is 19.2 Å². The molecule has 2 aliphatic heterocycles. The van der Waals surface area contributed by atoms with Crippen LogP contribution in [0, 0.1) is 0 Å². The van der Waals surface area contributed by atoms with Gasteiger partial charge in [-0.1, -0.05) is 19.3 Å². The minimum atomic E-state index is -0.375. The second kappa shape index (κ2) is 14.5. The number of aliphatic imine (C=N–C) groups is 2. The summed E-state index contributed by atoms with van der Waals surface area (Å²) < 4.78 is 17.1. The molecule has 0 N–H and O–H groups in total. The minimum absolute atomic E-state index is 0.271. The van der Waals surface area contributed by atoms with Crippen LogP contribution in [0.15, 0.2) is 77.7 Å². The van der Waals surface area contributed by atoms with Crippen LogP contribution in [0.5, 0.6) is 11.5 Å².